The van der Waals surface area contributed by atoms with Crippen LogP contribution in [0.3, 0.4) is 0 Å². The first kappa shape index (κ1) is 17.9. The lowest BCUT2D eigenvalue weighted by Crippen LogP contribution is -2.55. The van der Waals surface area contributed by atoms with Crippen LogP contribution in [0, 0.1) is 17.3 Å². The Labute approximate surface area is 158 Å². The van der Waals surface area contributed by atoms with Crippen LogP contribution in [0.1, 0.15) is 50.5 Å². The van der Waals surface area contributed by atoms with E-state index < -0.39 is 11.0 Å². The minimum absolute atomic E-state index is 0.0652. The Morgan fingerprint density at radius 2 is 1.76 bits per heavy atom. The summed E-state index contributed by atoms with van der Waals surface area (Å²) in [6.45, 7) is 0.553. The van der Waals surface area contributed by atoms with Crippen LogP contribution in [0.15, 0.2) is 30.3 Å². The lowest BCUT2D eigenvalue weighted by atomic mass is 9.48. The molecule has 0 aromatic heterocycles. The smallest absolute Gasteiger partial charge is 0.259 e. The van der Waals surface area contributed by atoms with E-state index in [9.17, 15) is 9.36 Å². The Hall–Kier alpha value is -0.500. The van der Waals surface area contributed by atoms with Crippen molar-refractivity contribution in [2.24, 2.45) is 17.3 Å². The standard InChI is InChI=1S/C19H24Cl2NO2P/c20-25(21,24)19-9-15-6-16(10-19)8-18(7-15,13-19)11-17(23)22-12-14-4-2-1-3-5-14/h1-5,15-16H,6-13H2,(H,22,23). The second-order valence-corrected chi connectivity index (χ2v) is 13.8. The molecule has 4 bridgehead atoms. The SMILES string of the molecule is O=C(CC12CC3CC(C1)CC(P(=O)(Cl)Cl)(C3)C2)NCc1ccccc1. The number of benzene rings is 1. The third-order valence-corrected chi connectivity index (χ3v) is 10.4. The molecule has 2 atom stereocenters. The molecule has 4 aliphatic rings. The van der Waals surface area contributed by atoms with Crippen LogP contribution in [0.2, 0.25) is 0 Å². The van der Waals surface area contributed by atoms with Crippen LogP contribution in [0.4, 0.5) is 0 Å². The predicted octanol–water partition coefficient (Wildman–Crippen LogP) is 5.70. The van der Waals surface area contributed by atoms with Crippen LogP contribution >= 0.6 is 28.3 Å². The van der Waals surface area contributed by atoms with Gasteiger partial charge in [0.2, 0.25) is 5.91 Å². The van der Waals surface area contributed by atoms with Gasteiger partial charge in [0.1, 0.15) is 0 Å². The average molecular weight is 400 g/mol. The summed E-state index contributed by atoms with van der Waals surface area (Å²) in [4.78, 5) is 12.6. The monoisotopic (exact) mass is 399 g/mol. The van der Waals surface area contributed by atoms with Crippen molar-refractivity contribution in [3.05, 3.63) is 35.9 Å². The minimum Gasteiger partial charge on any atom is -0.352 e. The van der Waals surface area contributed by atoms with E-state index in [1.807, 2.05) is 30.3 Å². The first-order chi connectivity index (χ1) is 11.8. The molecule has 2 unspecified atom stereocenters. The molecule has 4 aliphatic carbocycles. The summed E-state index contributed by atoms with van der Waals surface area (Å²) in [6.07, 6.45) is 6.29. The van der Waals surface area contributed by atoms with Crippen LogP contribution in [0.25, 0.3) is 0 Å². The van der Waals surface area contributed by atoms with Crippen molar-refractivity contribution >= 4 is 34.2 Å². The van der Waals surface area contributed by atoms with Crippen molar-refractivity contribution < 1.29 is 9.36 Å². The van der Waals surface area contributed by atoms with E-state index in [2.05, 4.69) is 5.32 Å². The molecule has 5 rings (SSSR count). The van der Waals surface area contributed by atoms with Crippen molar-refractivity contribution in [1.82, 2.24) is 5.32 Å². The molecule has 0 saturated heterocycles. The Balaban J connectivity index is 1.46. The molecule has 4 fully saturated rings. The normalized spacial score (nSPS) is 36.4. The highest BCUT2D eigenvalue weighted by atomic mass is 35.9. The fraction of sp³-hybridized carbons (Fsp3) is 0.632. The largest absolute Gasteiger partial charge is 0.352 e. The van der Waals surface area contributed by atoms with Crippen LogP contribution in [-0.2, 0) is 15.9 Å². The molecule has 1 aromatic rings. The molecule has 0 spiro atoms. The van der Waals surface area contributed by atoms with Gasteiger partial charge in [0.25, 0.3) is 5.85 Å². The summed E-state index contributed by atoms with van der Waals surface area (Å²) < 4.78 is 12.6. The molecule has 4 saturated carbocycles. The number of hydrogen-bond donors (Lipinski definition) is 1. The van der Waals surface area contributed by atoms with Gasteiger partial charge in [0, 0.05) is 13.0 Å². The van der Waals surface area contributed by atoms with Crippen molar-refractivity contribution in [3.8, 4) is 0 Å². The summed E-state index contributed by atoms with van der Waals surface area (Å²) in [6, 6.07) is 9.94. The maximum Gasteiger partial charge on any atom is 0.259 e. The average Bonchev–Trinajstić information content (AvgIpc) is 2.51. The van der Waals surface area contributed by atoms with Gasteiger partial charge >= 0.3 is 0 Å². The van der Waals surface area contributed by atoms with Gasteiger partial charge in [-0.3, -0.25) is 9.36 Å². The van der Waals surface area contributed by atoms with E-state index in [0.29, 0.717) is 24.8 Å². The van der Waals surface area contributed by atoms with Gasteiger partial charge in [0.05, 0.1) is 5.16 Å². The van der Waals surface area contributed by atoms with Gasteiger partial charge in [-0.15, -0.1) is 0 Å². The molecule has 0 aliphatic heterocycles. The van der Waals surface area contributed by atoms with Crippen LogP contribution in [0.5, 0.6) is 0 Å². The lowest BCUT2D eigenvalue weighted by molar-refractivity contribution is -0.128. The number of carbonyl (C=O) groups excluding carboxylic acids is 1. The Morgan fingerprint density at radius 1 is 1.12 bits per heavy atom. The summed E-state index contributed by atoms with van der Waals surface area (Å²) in [5.74, 6) is -2.07. The summed E-state index contributed by atoms with van der Waals surface area (Å²) >= 11 is 12.4. The van der Waals surface area contributed by atoms with Crippen molar-refractivity contribution in [3.63, 3.8) is 0 Å². The highest BCUT2D eigenvalue weighted by Gasteiger charge is 2.63. The fourth-order valence-corrected chi connectivity index (χ4v) is 8.76. The van der Waals surface area contributed by atoms with E-state index in [1.54, 1.807) is 0 Å². The number of halogens is 2. The molecular weight excluding hydrogens is 376 g/mol. The topological polar surface area (TPSA) is 46.2 Å². The van der Waals surface area contributed by atoms with Crippen molar-refractivity contribution in [2.45, 2.75) is 56.6 Å². The molecule has 3 nitrogen and oxygen atoms in total. The Morgan fingerprint density at radius 3 is 2.36 bits per heavy atom. The lowest BCUT2D eigenvalue weighted by Gasteiger charge is -2.62. The van der Waals surface area contributed by atoms with Crippen LogP contribution in [-0.4, -0.2) is 11.1 Å². The zero-order valence-corrected chi connectivity index (χ0v) is 16.6. The number of amides is 1. The van der Waals surface area contributed by atoms with E-state index in [4.69, 9.17) is 22.5 Å². The number of rotatable bonds is 5. The van der Waals surface area contributed by atoms with Gasteiger partial charge in [0.15, 0.2) is 0 Å². The second kappa shape index (κ2) is 6.29. The first-order valence-electron chi connectivity index (χ1n) is 9.09. The molecular formula is C19H24Cl2NO2P. The van der Waals surface area contributed by atoms with Gasteiger partial charge in [-0.25, -0.2) is 0 Å². The number of carbonyl (C=O) groups is 1. The predicted molar refractivity (Wildman–Crippen MR) is 102 cm³/mol. The second-order valence-electron chi connectivity index (χ2n) is 8.59. The number of nitrogens with one attached hydrogen (secondary N) is 1. The molecule has 1 amide bonds. The van der Waals surface area contributed by atoms with E-state index in [0.717, 1.165) is 37.7 Å². The third kappa shape index (κ3) is 3.40. The first-order valence-corrected chi connectivity index (χ1v) is 12.6. The zero-order valence-electron chi connectivity index (χ0n) is 14.2. The van der Waals surface area contributed by atoms with Crippen molar-refractivity contribution in [1.29, 1.82) is 0 Å². The molecule has 136 valence electrons. The summed E-state index contributed by atoms with van der Waals surface area (Å²) in [5, 5.41) is 2.61. The van der Waals surface area contributed by atoms with E-state index in [-0.39, 0.29) is 11.3 Å². The summed E-state index contributed by atoms with van der Waals surface area (Å²) in [5.41, 5.74) is 1.04. The molecule has 25 heavy (non-hydrogen) atoms. The van der Waals surface area contributed by atoms with E-state index in [1.165, 1.54) is 6.42 Å². The zero-order chi connectivity index (χ0) is 17.7. The summed E-state index contributed by atoms with van der Waals surface area (Å²) in [7, 11) is 0. The maximum absolute atomic E-state index is 12.6. The molecule has 1 N–H and O–H groups in total. The Bertz CT molecular complexity index is 703. The van der Waals surface area contributed by atoms with Crippen LogP contribution < -0.4 is 5.32 Å². The molecule has 1 aromatic carbocycles. The highest BCUT2D eigenvalue weighted by Crippen LogP contribution is 2.79. The third-order valence-electron chi connectivity index (χ3n) is 6.57. The van der Waals surface area contributed by atoms with Gasteiger partial charge in [-0.05, 0) is 83.8 Å². The molecule has 0 heterocycles. The van der Waals surface area contributed by atoms with Crippen molar-refractivity contribution in [2.75, 3.05) is 0 Å². The Kier molecular flexibility index (Phi) is 4.50. The van der Waals surface area contributed by atoms with Gasteiger partial charge < -0.3 is 5.32 Å². The molecule has 0 radical (unpaired) electrons. The number of hydrogen-bond acceptors (Lipinski definition) is 2. The highest BCUT2D eigenvalue weighted by molar-refractivity contribution is 8.09. The quantitative estimate of drug-likeness (QED) is 0.645. The van der Waals surface area contributed by atoms with Gasteiger partial charge in [-0.1, -0.05) is 30.3 Å². The minimum atomic E-state index is -3.20. The fourth-order valence-electron chi connectivity index (χ4n) is 6.11. The van der Waals surface area contributed by atoms with E-state index >= 15 is 0 Å². The molecule has 6 heteroatoms. The maximum atomic E-state index is 12.6. The van der Waals surface area contributed by atoms with Gasteiger partial charge in [-0.2, -0.15) is 0 Å².